The van der Waals surface area contributed by atoms with Gasteiger partial charge < -0.3 is 19.1 Å². The van der Waals surface area contributed by atoms with E-state index in [9.17, 15) is 0 Å². The topological polar surface area (TPSA) is 74.5 Å². The molecule has 2 aliphatic heterocycles. The van der Waals surface area contributed by atoms with Crippen molar-refractivity contribution in [3.05, 3.63) is 64.7 Å². The standard InChI is InChI=1S/C24H23N5O3S/c1-2-4-18(5-3-1)29-22(26-27-24(29)28-8-10-30-11-9-28)15-23-25-19(16-33-23)17-6-7-20-21(14-17)32-13-12-31-20/h1-7,14,16H,8-13,15H2. The van der Waals surface area contributed by atoms with Crippen LogP contribution in [0.2, 0.25) is 0 Å². The molecule has 0 bridgehead atoms. The van der Waals surface area contributed by atoms with Crippen LogP contribution >= 0.6 is 11.3 Å². The Kier molecular flexibility index (Phi) is 5.41. The van der Waals surface area contributed by atoms with Crippen LogP contribution in [0.1, 0.15) is 10.8 Å². The summed E-state index contributed by atoms with van der Waals surface area (Å²) in [5, 5.41) is 12.2. The van der Waals surface area contributed by atoms with Gasteiger partial charge in [-0.05, 0) is 30.3 Å². The SMILES string of the molecule is c1ccc(-n2c(Cc3nc(-c4ccc5c(c4)OCCO5)cs3)nnc2N2CCOCC2)cc1. The number of benzene rings is 2. The number of morpholine rings is 1. The van der Waals surface area contributed by atoms with E-state index in [1.54, 1.807) is 11.3 Å². The van der Waals surface area contributed by atoms with Gasteiger partial charge in [0.15, 0.2) is 11.5 Å². The van der Waals surface area contributed by atoms with E-state index in [1.807, 2.05) is 36.4 Å². The summed E-state index contributed by atoms with van der Waals surface area (Å²) in [6, 6.07) is 16.2. The lowest BCUT2D eigenvalue weighted by atomic mass is 10.1. The zero-order valence-corrected chi connectivity index (χ0v) is 18.8. The second-order valence-electron chi connectivity index (χ2n) is 7.85. The molecule has 9 heteroatoms. The van der Waals surface area contributed by atoms with E-state index in [0.29, 0.717) is 32.8 Å². The van der Waals surface area contributed by atoms with Crippen LogP contribution in [0.5, 0.6) is 11.5 Å². The zero-order chi connectivity index (χ0) is 22.0. The molecule has 0 spiro atoms. The van der Waals surface area contributed by atoms with Gasteiger partial charge in [-0.3, -0.25) is 4.57 Å². The van der Waals surface area contributed by atoms with Crippen LogP contribution in [0.25, 0.3) is 16.9 Å². The number of thiazole rings is 1. The highest BCUT2D eigenvalue weighted by molar-refractivity contribution is 7.10. The maximum absolute atomic E-state index is 5.73. The van der Waals surface area contributed by atoms with Gasteiger partial charge in [-0.15, -0.1) is 21.5 Å². The third kappa shape index (κ3) is 4.05. The second kappa shape index (κ2) is 8.84. The van der Waals surface area contributed by atoms with Gasteiger partial charge in [0.1, 0.15) is 24.0 Å². The number of nitrogens with zero attached hydrogens (tertiary/aromatic N) is 5. The van der Waals surface area contributed by atoms with Crippen molar-refractivity contribution in [1.82, 2.24) is 19.7 Å². The average Bonchev–Trinajstić information content (AvgIpc) is 3.52. The molecule has 0 radical (unpaired) electrons. The lowest BCUT2D eigenvalue weighted by molar-refractivity contribution is 0.122. The van der Waals surface area contributed by atoms with Crippen molar-refractivity contribution in [2.45, 2.75) is 6.42 Å². The highest BCUT2D eigenvalue weighted by Gasteiger charge is 2.22. The number of fused-ring (bicyclic) bond motifs is 1. The van der Waals surface area contributed by atoms with Gasteiger partial charge in [0.2, 0.25) is 5.95 Å². The molecule has 0 N–H and O–H groups in total. The lowest BCUT2D eigenvalue weighted by Gasteiger charge is -2.28. The molecule has 2 aromatic heterocycles. The van der Waals surface area contributed by atoms with Crippen LogP contribution in [0.3, 0.4) is 0 Å². The van der Waals surface area contributed by atoms with Gasteiger partial charge in [-0.25, -0.2) is 4.98 Å². The molecule has 1 fully saturated rings. The maximum Gasteiger partial charge on any atom is 0.232 e. The van der Waals surface area contributed by atoms with E-state index in [0.717, 1.165) is 58.3 Å². The molecule has 0 saturated carbocycles. The molecule has 0 amide bonds. The summed E-state index contributed by atoms with van der Waals surface area (Å²) in [6.07, 6.45) is 0.599. The van der Waals surface area contributed by atoms with Crippen molar-refractivity contribution in [2.75, 3.05) is 44.4 Å². The zero-order valence-electron chi connectivity index (χ0n) is 18.0. The van der Waals surface area contributed by atoms with Gasteiger partial charge >= 0.3 is 0 Å². The van der Waals surface area contributed by atoms with Gasteiger partial charge in [0, 0.05) is 24.0 Å². The first kappa shape index (κ1) is 20.2. The van der Waals surface area contributed by atoms with Crippen molar-refractivity contribution in [3.63, 3.8) is 0 Å². The number of ether oxygens (including phenoxy) is 3. The molecule has 0 atom stereocenters. The van der Waals surface area contributed by atoms with E-state index >= 15 is 0 Å². The van der Waals surface area contributed by atoms with Gasteiger partial charge in [-0.1, -0.05) is 18.2 Å². The number of para-hydroxylation sites is 1. The molecule has 4 aromatic rings. The number of rotatable bonds is 5. The molecule has 1 saturated heterocycles. The molecule has 8 nitrogen and oxygen atoms in total. The molecule has 6 rings (SSSR count). The summed E-state index contributed by atoms with van der Waals surface area (Å²) in [7, 11) is 0. The Morgan fingerprint density at radius 1 is 0.879 bits per heavy atom. The third-order valence-corrected chi connectivity index (χ3v) is 6.57. The largest absolute Gasteiger partial charge is 0.486 e. The minimum atomic E-state index is 0.569. The van der Waals surface area contributed by atoms with Crippen molar-refractivity contribution in [1.29, 1.82) is 0 Å². The summed E-state index contributed by atoms with van der Waals surface area (Å²) in [5.41, 5.74) is 2.98. The molecule has 2 aliphatic rings. The van der Waals surface area contributed by atoms with Crippen molar-refractivity contribution < 1.29 is 14.2 Å². The summed E-state index contributed by atoms with van der Waals surface area (Å²) in [5.74, 6) is 3.27. The first-order chi connectivity index (χ1) is 16.3. The van der Waals surface area contributed by atoms with Crippen LogP contribution in [-0.2, 0) is 11.2 Å². The summed E-state index contributed by atoms with van der Waals surface area (Å²) in [4.78, 5) is 7.12. The number of anilines is 1. The highest BCUT2D eigenvalue weighted by Crippen LogP contribution is 2.35. The second-order valence-corrected chi connectivity index (χ2v) is 8.79. The third-order valence-electron chi connectivity index (χ3n) is 5.72. The van der Waals surface area contributed by atoms with Crippen LogP contribution in [0.15, 0.2) is 53.9 Å². The minimum absolute atomic E-state index is 0.569. The molecule has 2 aromatic carbocycles. The normalized spacial score (nSPS) is 15.6. The lowest BCUT2D eigenvalue weighted by Crippen LogP contribution is -2.38. The Hall–Kier alpha value is -3.43. The van der Waals surface area contributed by atoms with Crippen molar-refractivity contribution in [3.8, 4) is 28.4 Å². The monoisotopic (exact) mass is 461 g/mol. The fourth-order valence-corrected chi connectivity index (χ4v) is 4.89. The van der Waals surface area contributed by atoms with E-state index in [4.69, 9.17) is 19.2 Å². The molecule has 0 unspecified atom stereocenters. The van der Waals surface area contributed by atoms with E-state index < -0.39 is 0 Å². The predicted molar refractivity (Wildman–Crippen MR) is 126 cm³/mol. The fraction of sp³-hybridized carbons (Fsp3) is 0.292. The molecule has 0 aliphatic carbocycles. The van der Waals surface area contributed by atoms with Crippen LogP contribution in [-0.4, -0.2) is 59.3 Å². The summed E-state index contributed by atoms with van der Waals surface area (Å²) in [6.45, 7) is 4.15. The first-order valence-electron chi connectivity index (χ1n) is 11.0. The quantitative estimate of drug-likeness (QED) is 0.450. The molecule has 4 heterocycles. The Bertz CT molecular complexity index is 1250. The Morgan fingerprint density at radius 2 is 1.70 bits per heavy atom. The fourth-order valence-electron chi connectivity index (χ4n) is 4.09. The van der Waals surface area contributed by atoms with Crippen LogP contribution in [0.4, 0.5) is 5.95 Å². The Balaban J connectivity index is 1.31. The van der Waals surface area contributed by atoms with Crippen LogP contribution < -0.4 is 14.4 Å². The number of hydrogen-bond donors (Lipinski definition) is 0. The molecule has 33 heavy (non-hydrogen) atoms. The first-order valence-corrected chi connectivity index (χ1v) is 11.9. The summed E-state index contributed by atoms with van der Waals surface area (Å²) < 4.78 is 19.0. The summed E-state index contributed by atoms with van der Waals surface area (Å²) >= 11 is 1.63. The van der Waals surface area contributed by atoms with Gasteiger partial charge in [0.05, 0.1) is 31.0 Å². The van der Waals surface area contributed by atoms with Crippen molar-refractivity contribution in [2.24, 2.45) is 0 Å². The molecular weight excluding hydrogens is 438 g/mol. The van der Waals surface area contributed by atoms with E-state index in [1.165, 1.54) is 0 Å². The number of aromatic nitrogens is 4. The van der Waals surface area contributed by atoms with Gasteiger partial charge in [0.25, 0.3) is 0 Å². The smallest absolute Gasteiger partial charge is 0.232 e. The molecule has 168 valence electrons. The Morgan fingerprint density at radius 3 is 2.55 bits per heavy atom. The molecular formula is C24H23N5O3S. The average molecular weight is 462 g/mol. The number of hydrogen-bond acceptors (Lipinski definition) is 8. The van der Waals surface area contributed by atoms with Crippen LogP contribution in [0, 0.1) is 0 Å². The van der Waals surface area contributed by atoms with E-state index in [2.05, 4.69) is 37.2 Å². The van der Waals surface area contributed by atoms with E-state index in [-0.39, 0.29) is 0 Å². The van der Waals surface area contributed by atoms with Crippen molar-refractivity contribution >= 4 is 17.3 Å². The highest BCUT2D eigenvalue weighted by atomic mass is 32.1. The Labute approximate surface area is 195 Å². The predicted octanol–water partition coefficient (Wildman–Crippen LogP) is 3.59. The minimum Gasteiger partial charge on any atom is -0.486 e. The maximum atomic E-state index is 5.73. The van der Waals surface area contributed by atoms with Gasteiger partial charge in [-0.2, -0.15) is 0 Å².